The molecule has 7 heteroatoms. The summed E-state index contributed by atoms with van der Waals surface area (Å²) in [6.07, 6.45) is 0. The van der Waals surface area contributed by atoms with Gasteiger partial charge in [-0.1, -0.05) is 23.5 Å². The molecule has 20 heavy (non-hydrogen) atoms. The van der Waals surface area contributed by atoms with E-state index in [1.807, 2.05) is 0 Å². The number of rotatable bonds is 2. The highest BCUT2D eigenvalue weighted by molar-refractivity contribution is 7.22. The van der Waals surface area contributed by atoms with E-state index in [4.69, 9.17) is 0 Å². The van der Waals surface area contributed by atoms with Crippen LogP contribution in [0.25, 0.3) is 10.2 Å². The molecule has 0 bridgehead atoms. The molecule has 0 saturated heterocycles. The van der Waals surface area contributed by atoms with Crippen LogP contribution in [0.5, 0.6) is 0 Å². The molecule has 0 saturated carbocycles. The summed E-state index contributed by atoms with van der Waals surface area (Å²) in [7, 11) is 0. The summed E-state index contributed by atoms with van der Waals surface area (Å²) in [4.78, 5) is 4.08. The normalized spacial score (nSPS) is 11.0. The number of benzene rings is 2. The lowest BCUT2D eigenvalue weighted by Crippen LogP contribution is -2.02. The Bertz CT molecular complexity index is 741. The number of aromatic nitrogens is 1. The van der Waals surface area contributed by atoms with Crippen LogP contribution in [-0.2, 0) is 0 Å². The molecule has 0 amide bonds. The van der Waals surface area contributed by atoms with Crippen LogP contribution in [0.1, 0.15) is 0 Å². The fraction of sp³-hybridized carbons (Fsp3) is 0. The van der Waals surface area contributed by atoms with E-state index in [0.717, 1.165) is 16.0 Å². The number of halogens is 4. The predicted octanol–water partition coefficient (Wildman–Crippen LogP) is 4.60. The molecule has 0 aliphatic rings. The van der Waals surface area contributed by atoms with Crippen molar-refractivity contribution in [2.45, 2.75) is 0 Å². The molecule has 0 aliphatic carbocycles. The van der Waals surface area contributed by atoms with Crippen LogP contribution in [0.3, 0.4) is 0 Å². The molecule has 0 radical (unpaired) electrons. The van der Waals surface area contributed by atoms with Crippen molar-refractivity contribution >= 4 is 32.4 Å². The summed E-state index contributed by atoms with van der Waals surface area (Å²) in [5.74, 6) is -5.90. The molecule has 2 nitrogen and oxygen atoms in total. The highest BCUT2D eigenvalue weighted by atomic mass is 32.1. The Kier molecular flexibility index (Phi) is 3.06. The first-order chi connectivity index (χ1) is 9.56. The van der Waals surface area contributed by atoms with Crippen molar-refractivity contribution in [1.82, 2.24) is 4.98 Å². The molecule has 3 rings (SSSR count). The quantitative estimate of drug-likeness (QED) is 0.552. The van der Waals surface area contributed by atoms with Crippen molar-refractivity contribution in [2.24, 2.45) is 0 Å². The Labute approximate surface area is 114 Å². The lowest BCUT2D eigenvalue weighted by molar-refractivity contribution is 0.459. The first-order valence-electron chi connectivity index (χ1n) is 5.52. The van der Waals surface area contributed by atoms with Gasteiger partial charge in [0, 0.05) is 6.07 Å². The van der Waals surface area contributed by atoms with Gasteiger partial charge >= 0.3 is 0 Å². The fourth-order valence-corrected chi connectivity index (χ4v) is 2.59. The molecule has 0 aliphatic heterocycles. The molecule has 0 spiro atoms. The Hall–Kier alpha value is -2.15. The van der Waals surface area contributed by atoms with E-state index in [-0.39, 0.29) is 11.2 Å². The number of hydrogen-bond acceptors (Lipinski definition) is 3. The van der Waals surface area contributed by atoms with Crippen molar-refractivity contribution in [3.8, 4) is 0 Å². The lowest BCUT2D eigenvalue weighted by Gasteiger charge is -2.07. The van der Waals surface area contributed by atoms with Gasteiger partial charge in [-0.25, -0.2) is 22.5 Å². The van der Waals surface area contributed by atoms with E-state index >= 15 is 0 Å². The van der Waals surface area contributed by atoms with E-state index in [2.05, 4.69) is 10.3 Å². The smallest absolute Gasteiger partial charge is 0.188 e. The zero-order valence-electron chi connectivity index (χ0n) is 9.75. The van der Waals surface area contributed by atoms with Gasteiger partial charge in [-0.3, -0.25) is 0 Å². The van der Waals surface area contributed by atoms with Crippen LogP contribution in [0.15, 0.2) is 30.3 Å². The van der Waals surface area contributed by atoms with E-state index < -0.39 is 29.0 Å². The Morgan fingerprint density at radius 1 is 0.950 bits per heavy atom. The maximum absolute atomic E-state index is 13.5. The SMILES string of the molecule is Fc1cc(F)c(F)c(Nc2nc3ccccc3s2)c1F. The third-order valence-electron chi connectivity index (χ3n) is 2.64. The van der Waals surface area contributed by atoms with E-state index in [0.29, 0.717) is 5.52 Å². The van der Waals surface area contributed by atoms with Crippen LogP contribution >= 0.6 is 11.3 Å². The van der Waals surface area contributed by atoms with Crippen molar-refractivity contribution < 1.29 is 17.6 Å². The van der Waals surface area contributed by atoms with E-state index in [1.165, 1.54) is 0 Å². The summed E-state index contributed by atoms with van der Waals surface area (Å²) in [6.45, 7) is 0. The molecule has 0 fully saturated rings. The first-order valence-corrected chi connectivity index (χ1v) is 6.33. The van der Waals surface area contributed by atoms with Crippen LogP contribution in [-0.4, -0.2) is 4.98 Å². The topological polar surface area (TPSA) is 24.9 Å². The number of hydrogen-bond donors (Lipinski definition) is 1. The van der Waals surface area contributed by atoms with Gasteiger partial charge in [-0.2, -0.15) is 0 Å². The Morgan fingerprint density at radius 2 is 1.60 bits per heavy atom. The summed E-state index contributed by atoms with van der Waals surface area (Å²) >= 11 is 1.12. The largest absolute Gasteiger partial charge is 0.326 e. The standard InChI is InChI=1S/C13H6F4N2S/c14-6-5-7(15)11(17)12(10(6)16)19-13-18-8-3-1-2-4-9(8)20-13/h1-5H,(H,18,19). The zero-order chi connectivity index (χ0) is 14.3. The summed E-state index contributed by atoms with van der Waals surface area (Å²) in [6, 6.07) is 7.20. The van der Waals surface area contributed by atoms with Gasteiger partial charge in [0.05, 0.1) is 10.2 Å². The van der Waals surface area contributed by atoms with Gasteiger partial charge in [0.1, 0.15) is 5.69 Å². The maximum Gasteiger partial charge on any atom is 0.188 e. The van der Waals surface area contributed by atoms with Crippen molar-refractivity contribution in [2.75, 3.05) is 5.32 Å². The molecule has 1 N–H and O–H groups in total. The minimum atomic E-state index is -1.48. The second-order valence-electron chi connectivity index (χ2n) is 3.95. The number of anilines is 2. The average Bonchev–Trinajstić information content (AvgIpc) is 2.84. The van der Waals surface area contributed by atoms with Gasteiger partial charge in [-0.05, 0) is 12.1 Å². The number of fused-ring (bicyclic) bond motifs is 1. The molecule has 3 aromatic rings. The molecular weight excluding hydrogens is 292 g/mol. The van der Waals surface area contributed by atoms with E-state index in [1.54, 1.807) is 24.3 Å². The molecular formula is C13H6F4N2S. The van der Waals surface area contributed by atoms with Gasteiger partial charge < -0.3 is 5.32 Å². The van der Waals surface area contributed by atoms with Crippen molar-refractivity contribution in [3.05, 3.63) is 53.6 Å². The molecule has 0 atom stereocenters. The summed E-state index contributed by atoms with van der Waals surface area (Å²) in [5.41, 5.74) is -0.265. The highest BCUT2D eigenvalue weighted by Crippen LogP contribution is 2.31. The highest BCUT2D eigenvalue weighted by Gasteiger charge is 2.20. The third-order valence-corrected chi connectivity index (χ3v) is 3.59. The fourth-order valence-electron chi connectivity index (χ4n) is 1.72. The summed E-state index contributed by atoms with van der Waals surface area (Å²) in [5, 5.41) is 2.44. The molecule has 0 unspecified atom stereocenters. The number of thiazole rings is 1. The minimum Gasteiger partial charge on any atom is -0.326 e. The Balaban J connectivity index is 2.07. The van der Waals surface area contributed by atoms with Gasteiger partial charge in [0.15, 0.2) is 28.4 Å². The molecule has 1 heterocycles. The number of nitrogens with zero attached hydrogens (tertiary/aromatic N) is 1. The molecule has 1 aromatic heterocycles. The summed E-state index contributed by atoms with van der Waals surface area (Å²) < 4.78 is 54.0. The number of nitrogens with one attached hydrogen (secondary N) is 1. The number of para-hydroxylation sites is 1. The van der Waals surface area contributed by atoms with Crippen LogP contribution in [0, 0.1) is 23.3 Å². The second kappa shape index (κ2) is 4.75. The molecule has 2 aromatic carbocycles. The molecule has 102 valence electrons. The van der Waals surface area contributed by atoms with Crippen molar-refractivity contribution in [1.29, 1.82) is 0 Å². The third kappa shape index (κ3) is 2.09. The lowest BCUT2D eigenvalue weighted by atomic mass is 10.2. The van der Waals surface area contributed by atoms with Gasteiger partial charge in [0.25, 0.3) is 0 Å². The second-order valence-corrected chi connectivity index (χ2v) is 4.99. The van der Waals surface area contributed by atoms with Crippen LogP contribution in [0.4, 0.5) is 28.4 Å². The van der Waals surface area contributed by atoms with Crippen molar-refractivity contribution in [3.63, 3.8) is 0 Å². The van der Waals surface area contributed by atoms with Crippen LogP contribution in [0.2, 0.25) is 0 Å². The predicted molar refractivity (Wildman–Crippen MR) is 69.2 cm³/mol. The maximum atomic E-state index is 13.5. The minimum absolute atomic E-state index is 0.147. The van der Waals surface area contributed by atoms with Crippen LogP contribution < -0.4 is 5.32 Å². The monoisotopic (exact) mass is 298 g/mol. The zero-order valence-corrected chi connectivity index (χ0v) is 10.6. The first kappa shape index (κ1) is 12.9. The van der Waals surface area contributed by atoms with Gasteiger partial charge in [0.2, 0.25) is 0 Å². The van der Waals surface area contributed by atoms with E-state index in [9.17, 15) is 17.6 Å². The van der Waals surface area contributed by atoms with Gasteiger partial charge in [-0.15, -0.1) is 0 Å². The Morgan fingerprint density at radius 3 is 2.25 bits per heavy atom. The average molecular weight is 298 g/mol.